The van der Waals surface area contributed by atoms with E-state index in [1.807, 2.05) is 11.8 Å². The summed E-state index contributed by atoms with van der Waals surface area (Å²) in [4.78, 5) is 7.94. The summed E-state index contributed by atoms with van der Waals surface area (Å²) in [5.41, 5.74) is 5.55. The van der Waals surface area contributed by atoms with Crippen molar-refractivity contribution in [3.63, 3.8) is 0 Å². The highest BCUT2D eigenvalue weighted by Crippen LogP contribution is 2.10. The summed E-state index contributed by atoms with van der Waals surface area (Å²) in [7, 11) is 0. The molecule has 1 atom stereocenters. The number of aromatic nitrogens is 2. The van der Waals surface area contributed by atoms with Gasteiger partial charge in [0.1, 0.15) is 18.0 Å². The van der Waals surface area contributed by atoms with Gasteiger partial charge in [0.15, 0.2) is 0 Å². The Bertz CT molecular complexity index is 279. The molecule has 4 nitrogen and oxygen atoms in total. The minimum absolute atomic E-state index is 0.444. The van der Waals surface area contributed by atoms with Crippen molar-refractivity contribution in [1.29, 1.82) is 0 Å². The number of hydrogen-bond donors (Lipinski definition) is 2. The number of nitrogens with two attached hydrogens (primary N) is 1. The molecular weight excluding hydrogens is 196 g/mol. The zero-order chi connectivity index (χ0) is 10.4. The lowest BCUT2D eigenvalue weighted by Gasteiger charge is -2.15. The third-order valence-corrected chi connectivity index (χ3v) is 2.64. The normalized spacial score (nSPS) is 12.4. The number of nitrogens with zero attached hydrogens (tertiary/aromatic N) is 2. The smallest absolute Gasteiger partial charge is 0.131 e. The fourth-order valence-electron chi connectivity index (χ4n) is 1.12. The topological polar surface area (TPSA) is 63.8 Å². The Morgan fingerprint density at radius 2 is 2.36 bits per heavy atom. The standard InChI is InChI=1S/C9H16N4S/c1-3-7(5-14-2)13-9-4-8(10)11-6-12-9/h4,6-7H,3,5H2,1-2H3,(H3,10,11,12,13). The maximum atomic E-state index is 5.55. The highest BCUT2D eigenvalue weighted by atomic mass is 32.2. The largest absolute Gasteiger partial charge is 0.384 e. The second kappa shape index (κ2) is 5.70. The van der Waals surface area contributed by atoms with E-state index in [2.05, 4.69) is 28.5 Å². The van der Waals surface area contributed by atoms with Crippen LogP contribution in [0.2, 0.25) is 0 Å². The van der Waals surface area contributed by atoms with Crippen molar-refractivity contribution in [2.45, 2.75) is 19.4 Å². The Hall–Kier alpha value is -0.970. The van der Waals surface area contributed by atoms with Gasteiger partial charge in [0.25, 0.3) is 0 Å². The minimum Gasteiger partial charge on any atom is -0.384 e. The SMILES string of the molecule is CCC(CSC)Nc1cc(N)ncn1. The molecule has 5 heteroatoms. The number of nitrogen functional groups attached to an aromatic ring is 1. The quantitative estimate of drug-likeness (QED) is 0.776. The molecule has 0 aliphatic heterocycles. The van der Waals surface area contributed by atoms with Crippen LogP contribution in [0.25, 0.3) is 0 Å². The number of anilines is 2. The summed E-state index contributed by atoms with van der Waals surface area (Å²) in [5.74, 6) is 2.38. The average Bonchev–Trinajstić information content (AvgIpc) is 2.17. The van der Waals surface area contributed by atoms with Gasteiger partial charge in [0.05, 0.1) is 0 Å². The van der Waals surface area contributed by atoms with Gasteiger partial charge in [-0.15, -0.1) is 0 Å². The second-order valence-corrected chi connectivity index (χ2v) is 3.94. The summed E-state index contributed by atoms with van der Waals surface area (Å²) >= 11 is 1.82. The Balaban J connectivity index is 2.57. The molecule has 0 saturated carbocycles. The van der Waals surface area contributed by atoms with Gasteiger partial charge in [-0.25, -0.2) is 9.97 Å². The molecule has 1 rings (SSSR count). The van der Waals surface area contributed by atoms with Crippen molar-refractivity contribution in [1.82, 2.24) is 9.97 Å². The van der Waals surface area contributed by atoms with Crippen molar-refractivity contribution in [3.8, 4) is 0 Å². The monoisotopic (exact) mass is 212 g/mol. The van der Waals surface area contributed by atoms with E-state index in [4.69, 9.17) is 5.73 Å². The van der Waals surface area contributed by atoms with Gasteiger partial charge in [-0.1, -0.05) is 6.92 Å². The molecule has 78 valence electrons. The lowest BCUT2D eigenvalue weighted by atomic mass is 10.2. The van der Waals surface area contributed by atoms with Crippen LogP contribution in [0.3, 0.4) is 0 Å². The van der Waals surface area contributed by atoms with Crippen LogP contribution < -0.4 is 11.1 Å². The summed E-state index contributed by atoms with van der Waals surface area (Å²) in [6.45, 7) is 2.15. The molecule has 0 aliphatic carbocycles. The van der Waals surface area contributed by atoms with Gasteiger partial charge in [0, 0.05) is 17.9 Å². The lowest BCUT2D eigenvalue weighted by Crippen LogP contribution is -2.21. The van der Waals surface area contributed by atoms with E-state index in [9.17, 15) is 0 Å². The molecule has 0 spiro atoms. The van der Waals surface area contributed by atoms with Crippen molar-refractivity contribution in [2.75, 3.05) is 23.1 Å². The van der Waals surface area contributed by atoms with Crippen LogP contribution in [-0.4, -0.2) is 28.0 Å². The molecule has 0 saturated heterocycles. The molecule has 1 heterocycles. The average molecular weight is 212 g/mol. The van der Waals surface area contributed by atoms with Crippen LogP contribution in [0.4, 0.5) is 11.6 Å². The molecule has 1 aromatic rings. The number of rotatable bonds is 5. The number of hydrogen-bond acceptors (Lipinski definition) is 5. The molecule has 3 N–H and O–H groups in total. The van der Waals surface area contributed by atoms with Gasteiger partial charge in [-0.2, -0.15) is 11.8 Å². The van der Waals surface area contributed by atoms with Gasteiger partial charge in [-0.3, -0.25) is 0 Å². The third-order valence-electron chi connectivity index (χ3n) is 1.90. The van der Waals surface area contributed by atoms with E-state index in [1.165, 1.54) is 6.33 Å². The highest BCUT2D eigenvalue weighted by molar-refractivity contribution is 7.98. The molecule has 0 radical (unpaired) electrons. The summed E-state index contributed by atoms with van der Waals surface area (Å²) in [5, 5.41) is 3.32. The van der Waals surface area contributed by atoms with E-state index in [-0.39, 0.29) is 0 Å². The minimum atomic E-state index is 0.444. The predicted molar refractivity (Wildman–Crippen MR) is 62.5 cm³/mol. The lowest BCUT2D eigenvalue weighted by molar-refractivity contribution is 0.769. The number of nitrogens with one attached hydrogen (secondary N) is 1. The Labute approximate surface area is 88.7 Å². The van der Waals surface area contributed by atoms with Crippen LogP contribution in [-0.2, 0) is 0 Å². The van der Waals surface area contributed by atoms with Gasteiger partial charge >= 0.3 is 0 Å². The highest BCUT2D eigenvalue weighted by Gasteiger charge is 2.05. The molecule has 0 bridgehead atoms. The van der Waals surface area contributed by atoms with Crippen molar-refractivity contribution in [2.24, 2.45) is 0 Å². The Morgan fingerprint density at radius 3 is 2.93 bits per heavy atom. The molecule has 0 amide bonds. The number of thioether (sulfide) groups is 1. The van der Waals surface area contributed by atoms with Crippen molar-refractivity contribution in [3.05, 3.63) is 12.4 Å². The molecule has 0 aliphatic rings. The van der Waals surface area contributed by atoms with E-state index in [1.54, 1.807) is 6.07 Å². The van der Waals surface area contributed by atoms with E-state index in [0.29, 0.717) is 11.9 Å². The fraction of sp³-hybridized carbons (Fsp3) is 0.556. The van der Waals surface area contributed by atoms with Gasteiger partial charge in [0.2, 0.25) is 0 Å². The third kappa shape index (κ3) is 3.41. The Kier molecular flexibility index (Phi) is 4.52. The summed E-state index contributed by atoms with van der Waals surface area (Å²) in [6, 6.07) is 2.20. The van der Waals surface area contributed by atoms with Crippen LogP contribution in [0.15, 0.2) is 12.4 Å². The maximum Gasteiger partial charge on any atom is 0.131 e. The molecular formula is C9H16N4S. The first-order valence-corrected chi connectivity index (χ1v) is 5.98. The second-order valence-electron chi connectivity index (χ2n) is 3.03. The molecule has 1 aromatic heterocycles. The van der Waals surface area contributed by atoms with Crippen LogP contribution >= 0.6 is 11.8 Å². The molecule has 14 heavy (non-hydrogen) atoms. The van der Waals surface area contributed by atoms with Crippen molar-refractivity contribution < 1.29 is 0 Å². The van der Waals surface area contributed by atoms with E-state index >= 15 is 0 Å². The zero-order valence-corrected chi connectivity index (χ0v) is 9.34. The maximum absolute atomic E-state index is 5.55. The van der Waals surface area contributed by atoms with Crippen LogP contribution in [0.5, 0.6) is 0 Å². The Morgan fingerprint density at radius 1 is 1.57 bits per heavy atom. The van der Waals surface area contributed by atoms with Gasteiger partial charge < -0.3 is 11.1 Å². The molecule has 0 fully saturated rings. The predicted octanol–water partition coefficient (Wildman–Crippen LogP) is 1.61. The molecule has 1 unspecified atom stereocenters. The van der Waals surface area contributed by atoms with Crippen LogP contribution in [0.1, 0.15) is 13.3 Å². The summed E-state index contributed by atoms with van der Waals surface area (Å²) < 4.78 is 0. The first kappa shape index (κ1) is 11.1. The summed E-state index contributed by atoms with van der Waals surface area (Å²) in [6.07, 6.45) is 4.65. The van der Waals surface area contributed by atoms with E-state index in [0.717, 1.165) is 18.0 Å². The molecule has 0 aromatic carbocycles. The fourth-order valence-corrected chi connectivity index (χ4v) is 1.84. The van der Waals surface area contributed by atoms with Crippen molar-refractivity contribution >= 4 is 23.4 Å². The van der Waals surface area contributed by atoms with Gasteiger partial charge in [-0.05, 0) is 12.7 Å². The van der Waals surface area contributed by atoms with Crippen LogP contribution in [0, 0.1) is 0 Å². The first-order chi connectivity index (χ1) is 6.76. The van der Waals surface area contributed by atoms with E-state index < -0.39 is 0 Å². The first-order valence-electron chi connectivity index (χ1n) is 4.59. The zero-order valence-electron chi connectivity index (χ0n) is 8.53.